The standard InChI is InChI=1S/2C6H14O3.C2H4Cl3O5P/c2*1-5(8)4-9-6(2)3-7;3-2(4,5)1-9-11(7,8)10-6/h2*5-8H,3-4H2,1-2H3;6H,1H2,(H,7,8). The second-order valence-electron chi connectivity index (χ2n) is 5.79. The van der Waals surface area contributed by atoms with Gasteiger partial charge in [-0.05, 0) is 27.7 Å². The fraction of sp³-hybridized carbons (Fsp3) is 1.00. The van der Waals surface area contributed by atoms with E-state index in [1.807, 2.05) is 0 Å². The van der Waals surface area contributed by atoms with Gasteiger partial charge in [-0.2, -0.15) is 0 Å². The normalized spacial score (nSPS) is 17.6. The maximum atomic E-state index is 10.3. The zero-order chi connectivity index (χ0) is 23.7. The minimum atomic E-state index is -4.47. The number of aliphatic hydroxyl groups excluding tert-OH is 4. The molecule has 0 bridgehead atoms. The monoisotopic (exact) mass is 512 g/mol. The predicted octanol–water partition coefficient (Wildman–Crippen LogP) is 1.49. The summed E-state index contributed by atoms with van der Waals surface area (Å²) in [5.74, 6) is 0. The van der Waals surface area contributed by atoms with Crippen LogP contribution in [0.1, 0.15) is 27.7 Å². The van der Waals surface area contributed by atoms with E-state index in [1.165, 1.54) is 0 Å². The highest BCUT2D eigenvalue weighted by Crippen LogP contribution is 2.44. The molecule has 29 heavy (non-hydrogen) atoms. The second-order valence-corrected chi connectivity index (χ2v) is 9.66. The van der Waals surface area contributed by atoms with Crippen molar-refractivity contribution >= 4 is 42.6 Å². The van der Waals surface area contributed by atoms with Crippen LogP contribution in [0.2, 0.25) is 0 Å². The third-order valence-corrected chi connectivity index (χ3v) is 3.24. The first-order valence-electron chi connectivity index (χ1n) is 8.28. The van der Waals surface area contributed by atoms with Crippen LogP contribution in [-0.4, -0.2) is 91.8 Å². The van der Waals surface area contributed by atoms with Gasteiger partial charge in [0.2, 0.25) is 3.79 Å². The summed E-state index contributed by atoms with van der Waals surface area (Å²) >= 11 is 15.4. The Morgan fingerprint density at radius 3 is 1.45 bits per heavy atom. The van der Waals surface area contributed by atoms with Gasteiger partial charge in [-0.15, -0.1) is 4.67 Å². The Kier molecular flexibility index (Phi) is 22.9. The SMILES string of the molecule is CC(O)COC(C)CO.CC(O)COC(C)CO.O=P(O)(OO)OCC(Cl)(Cl)Cl. The summed E-state index contributed by atoms with van der Waals surface area (Å²) < 4.78 is 25.4. The summed E-state index contributed by atoms with van der Waals surface area (Å²) in [5.41, 5.74) is 0. The molecule has 0 spiro atoms. The molecule has 0 saturated heterocycles. The van der Waals surface area contributed by atoms with E-state index in [0.29, 0.717) is 13.2 Å². The van der Waals surface area contributed by atoms with Crippen molar-refractivity contribution in [3.8, 4) is 0 Å². The first kappa shape index (κ1) is 34.3. The summed E-state index contributed by atoms with van der Waals surface area (Å²) in [6.45, 7) is 6.73. The summed E-state index contributed by atoms with van der Waals surface area (Å²) in [6, 6.07) is 0. The van der Waals surface area contributed by atoms with Gasteiger partial charge in [-0.3, -0.25) is 4.52 Å². The number of phosphoric ester groups is 1. The van der Waals surface area contributed by atoms with E-state index < -0.39 is 30.4 Å². The lowest BCUT2D eigenvalue weighted by Crippen LogP contribution is -2.19. The Morgan fingerprint density at radius 1 is 0.897 bits per heavy atom. The lowest BCUT2D eigenvalue weighted by molar-refractivity contribution is -0.162. The van der Waals surface area contributed by atoms with Gasteiger partial charge in [0, 0.05) is 0 Å². The number of hydrogen-bond donors (Lipinski definition) is 6. The van der Waals surface area contributed by atoms with E-state index in [1.54, 1.807) is 27.7 Å². The van der Waals surface area contributed by atoms with Crippen LogP contribution in [-0.2, 0) is 23.2 Å². The number of alkyl halides is 3. The third kappa shape index (κ3) is 33.5. The van der Waals surface area contributed by atoms with Crippen LogP contribution in [0.3, 0.4) is 0 Å². The van der Waals surface area contributed by atoms with Crippen molar-refractivity contribution in [1.82, 2.24) is 0 Å². The number of phosphoric acid groups is 1. The molecule has 0 aliphatic heterocycles. The van der Waals surface area contributed by atoms with Crippen molar-refractivity contribution in [2.45, 2.75) is 55.9 Å². The van der Waals surface area contributed by atoms with Crippen molar-refractivity contribution in [2.75, 3.05) is 33.0 Å². The molecular formula is C14H32Cl3O11P. The van der Waals surface area contributed by atoms with Gasteiger partial charge in [0.15, 0.2) is 0 Å². The molecule has 0 fully saturated rings. The smallest absolute Gasteiger partial charge is 0.394 e. The molecule has 6 N–H and O–H groups in total. The van der Waals surface area contributed by atoms with Crippen LogP contribution < -0.4 is 0 Å². The molecule has 0 aromatic heterocycles. The van der Waals surface area contributed by atoms with Gasteiger partial charge in [0.1, 0.15) is 6.61 Å². The van der Waals surface area contributed by atoms with Crippen LogP contribution in [0.15, 0.2) is 0 Å². The molecule has 0 radical (unpaired) electrons. The Labute approximate surface area is 185 Å². The van der Waals surface area contributed by atoms with Crippen LogP contribution in [0.4, 0.5) is 0 Å². The molecule has 0 rings (SSSR count). The average Bonchev–Trinajstić information content (AvgIpc) is 2.63. The molecule has 180 valence electrons. The quantitative estimate of drug-likeness (QED) is 0.102. The summed E-state index contributed by atoms with van der Waals surface area (Å²) in [7, 11) is -4.47. The maximum Gasteiger partial charge on any atom is 0.499 e. The van der Waals surface area contributed by atoms with E-state index in [9.17, 15) is 4.57 Å². The van der Waals surface area contributed by atoms with Gasteiger partial charge in [0.05, 0.1) is 50.8 Å². The summed E-state index contributed by atoms with van der Waals surface area (Å²) in [6.07, 6.45) is -1.22. The van der Waals surface area contributed by atoms with Gasteiger partial charge in [-0.25, -0.2) is 9.82 Å². The molecule has 0 aromatic carbocycles. The topological polar surface area (TPSA) is 175 Å². The number of halogens is 3. The van der Waals surface area contributed by atoms with Crippen molar-refractivity contribution < 1.29 is 53.8 Å². The minimum Gasteiger partial charge on any atom is -0.394 e. The molecule has 15 heteroatoms. The van der Waals surface area contributed by atoms with Crippen molar-refractivity contribution in [2.24, 2.45) is 0 Å². The Morgan fingerprint density at radius 2 is 1.24 bits per heavy atom. The number of aliphatic hydroxyl groups is 4. The van der Waals surface area contributed by atoms with E-state index in [0.717, 1.165) is 0 Å². The van der Waals surface area contributed by atoms with E-state index in [2.05, 4.69) is 9.20 Å². The van der Waals surface area contributed by atoms with Gasteiger partial charge < -0.3 is 34.8 Å². The Hall–Kier alpha value is 0.700. The molecule has 0 aliphatic rings. The predicted molar refractivity (Wildman–Crippen MR) is 108 cm³/mol. The molecule has 5 atom stereocenters. The van der Waals surface area contributed by atoms with E-state index in [4.69, 9.17) is 74.9 Å². The second kappa shape index (κ2) is 19.4. The molecule has 0 amide bonds. The number of ether oxygens (including phenoxy) is 2. The van der Waals surface area contributed by atoms with Crippen LogP contribution in [0, 0.1) is 0 Å². The Balaban J connectivity index is -0.000000352. The number of rotatable bonds is 11. The maximum absolute atomic E-state index is 10.3. The largest absolute Gasteiger partial charge is 0.499 e. The van der Waals surface area contributed by atoms with E-state index >= 15 is 0 Å². The van der Waals surface area contributed by atoms with Crippen molar-refractivity contribution in [1.29, 1.82) is 0 Å². The Bertz CT molecular complexity index is 393. The zero-order valence-electron chi connectivity index (χ0n) is 16.7. The average molecular weight is 514 g/mol. The summed E-state index contributed by atoms with van der Waals surface area (Å²) in [4.78, 5) is 8.37. The van der Waals surface area contributed by atoms with Crippen molar-refractivity contribution in [3.63, 3.8) is 0 Å². The molecular weight excluding hydrogens is 481 g/mol. The number of hydrogen-bond acceptors (Lipinski definition) is 10. The molecule has 5 unspecified atom stereocenters. The van der Waals surface area contributed by atoms with Crippen LogP contribution >= 0.6 is 42.6 Å². The molecule has 11 nitrogen and oxygen atoms in total. The first-order valence-corrected chi connectivity index (χ1v) is 10.9. The minimum absolute atomic E-state index is 0.00667. The van der Waals surface area contributed by atoms with Gasteiger partial charge in [0.25, 0.3) is 0 Å². The summed E-state index contributed by atoms with van der Waals surface area (Å²) in [5, 5.41) is 42.0. The first-order chi connectivity index (χ1) is 13.1. The lowest BCUT2D eigenvalue weighted by atomic mass is 10.4. The molecule has 0 heterocycles. The van der Waals surface area contributed by atoms with Gasteiger partial charge in [-0.1, -0.05) is 34.8 Å². The fourth-order valence-corrected chi connectivity index (χ4v) is 1.69. The highest BCUT2D eigenvalue weighted by molar-refractivity contribution is 7.47. The highest BCUT2D eigenvalue weighted by Gasteiger charge is 2.28. The lowest BCUT2D eigenvalue weighted by Gasteiger charge is -2.12. The molecule has 0 aliphatic carbocycles. The third-order valence-electron chi connectivity index (χ3n) is 2.25. The van der Waals surface area contributed by atoms with E-state index in [-0.39, 0.29) is 25.4 Å². The van der Waals surface area contributed by atoms with Crippen LogP contribution in [0.5, 0.6) is 0 Å². The molecule has 0 saturated carbocycles. The van der Waals surface area contributed by atoms with Crippen molar-refractivity contribution in [3.05, 3.63) is 0 Å². The van der Waals surface area contributed by atoms with Crippen LogP contribution in [0.25, 0.3) is 0 Å². The fourth-order valence-electron chi connectivity index (χ4n) is 0.891. The zero-order valence-corrected chi connectivity index (χ0v) is 19.8. The highest BCUT2D eigenvalue weighted by atomic mass is 35.6. The van der Waals surface area contributed by atoms with Gasteiger partial charge >= 0.3 is 7.82 Å². The molecule has 0 aromatic rings.